The number of hydrogen-bond acceptors (Lipinski definition) is 5. The molecular formula is C14H18N6. The van der Waals surface area contributed by atoms with E-state index in [2.05, 4.69) is 21.1 Å². The highest BCUT2D eigenvalue weighted by molar-refractivity contribution is 5.23. The van der Waals surface area contributed by atoms with Crippen LogP contribution in [-0.2, 0) is 13.1 Å². The minimum atomic E-state index is 0.515. The van der Waals surface area contributed by atoms with Gasteiger partial charge in [-0.2, -0.15) is 10.4 Å². The lowest BCUT2D eigenvalue weighted by Gasteiger charge is -2.21. The van der Waals surface area contributed by atoms with E-state index < -0.39 is 0 Å². The maximum absolute atomic E-state index is 8.75. The standard InChI is InChI=1S/C14H18N6/c15-5-2-7-19(12-13-3-1-6-17-11-13)9-10-20-8-4-14(16)18-20/h1,3-4,6,8,11H,2,7,9-10,12H2,(H2,16,18). The molecule has 0 aliphatic rings. The normalized spacial score (nSPS) is 10.6. The molecular weight excluding hydrogens is 252 g/mol. The summed E-state index contributed by atoms with van der Waals surface area (Å²) in [6, 6.07) is 7.93. The van der Waals surface area contributed by atoms with E-state index in [-0.39, 0.29) is 0 Å². The average Bonchev–Trinajstić information content (AvgIpc) is 2.88. The fourth-order valence-corrected chi connectivity index (χ4v) is 1.97. The average molecular weight is 270 g/mol. The molecule has 0 radical (unpaired) electrons. The topological polar surface area (TPSA) is 83.8 Å². The van der Waals surface area contributed by atoms with Crippen LogP contribution >= 0.6 is 0 Å². The van der Waals surface area contributed by atoms with Crippen LogP contribution < -0.4 is 5.73 Å². The molecule has 0 spiro atoms. The van der Waals surface area contributed by atoms with Crippen LogP contribution in [0.1, 0.15) is 12.0 Å². The quantitative estimate of drug-likeness (QED) is 0.819. The van der Waals surface area contributed by atoms with Gasteiger partial charge >= 0.3 is 0 Å². The van der Waals surface area contributed by atoms with Crippen LogP contribution in [0.25, 0.3) is 0 Å². The van der Waals surface area contributed by atoms with Crippen molar-refractivity contribution in [2.24, 2.45) is 0 Å². The summed E-state index contributed by atoms with van der Waals surface area (Å²) in [6.45, 7) is 3.09. The number of aromatic nitrogens is 3. The van der Waals surface area contributed by atoms with Gasteiger partial charge in [-0.25, -0.2) is 0 Å². The lowest BCUT2D eigenvalue weighted by atomic mass is 10.2. The molecule has 2 rings (SSSR count). The van der Waals surface area contributed by atoms with E-state index in [1.54, 1.807) is 12.3 Å². The molecule has 6 nitrogen and oxygen atoms in total. The van der Waals surface area contributed by atoms with Gasteiger partial charge in [0, 0.05) is 44.6 Å². The highest BCUT2D eigenvalue weighted by Crippen LogP contribution is 2.04. The first-order valence-corrected chi connectivity index (χ1v) is 6.55. The summed E-state index contributed by atoms with van der Waals surface area (Å²) in [5.74, 6) is 0.529. The Labute approximate surface area is 118 Å². The Bertz CT molecular complexity index is 557. The molecule has 0 saturated carbocycles. The molecule has 2 heterocycles. The van der Waals surface area contributed by atoms with E-state index in [9.17, 15) is 0 Å². The summed E-state index contributed by atoms with van der Waals surface area (Å²) in [5.41, 5.74) is 6.74. The van der Waals surface area contributed by atoms with Gasteiger partial charge < -0.3 is 5.73 Å². The molecule has 0 aliphatic carbocycles. The van der Waals surface area contributed by atoms with Gasteiger partial charge in [0.15, 0.2) is 0 Å². The molecule has 2 aromatic heterocycles. The largest absolute Gasteiger partial charge is 0.382 e. The van der Waals surface area contributed by atoms with Crippen molar-refractivity contribution >= 4 is 5.82 Å². The minimum absolute atomic E-state index is 0.515. The highest BCUT2D eigenvalue weighted by Gasteiger charge is 2.06. The molecule has 0 aliphatic heterocycles. The first-order valence-electron chi connectivity index (χ1n) is 6.55. The zero-order chi connectivity index (χ0) is 14.2. The van der Waals surface area contributed by atoms with Gasteiger partial charge in [-0.15, -0.1) is 0 Å². The third kappa shape index (κ3) is 4.37. The summed E-state index contributed by atoms with van der Waals surface area (Å²) in [4.78, 5) is 6.33. The predicted octanol–water partition coefficient (Wildman–Crippen LogP) is 1.28. The Kier molecular flexibility index (Phi) is 5.09. The van der Waals surface area contributed by atoms with E-state index in [1.165, 1.54) is 0 Å². The zero-order valence-corrected chi connectivity index (χ0v) is 11.3. The fourth-order valence-electron chi connectivity index (χ4n) is 1.97. The maximum atomic E-state index is 8.75. The summed E-state index contributed by atoms with van der Waals surface area (Å²) >= 11 is 0. The minimum Gasteiger partial charge on any atom is -0.382 e. The van der Waals surface area contributed by atoms with E-state index in [0.717, 1.165) is 31.7 Å². The van der Waals surface area contributed by atoms with Crippen LogP contribution in [0, 0.1) is 11.3 Å². The van der Waals surface area contributed by atoms with Crippen molar-refractivity contribution in [3.05, 3.63) is 42.4 Å². The van der Waals surface area contributed by atoms with Crippen LogP contribution in [0.3, 0.4) is 0 Å². The summed E-state index contributed by atoms with van der Waals surface area (Å²) in [7, 11) is 0. The maximum Gasteiger partial charge on any atom is 0.145 e. The Morgan fingerprint density at radius 1 is 1.35 bits per heavy atom. The van der Waals surface area contributed by atoms with Crippen molar-refractivity contribution < 1.29 is 0 Å². The molecule has 2 N–H and O–H groups in total. The monoisotopic (exact) mass is 270 g/mol. The van der Waals surface area contributed by atoms with Crippen LogP contribution in [0.2, 0.25) is 0 Å². The van der Waals surface area contributed by atoms with E-state index in [4.69, 9.17) is 11.0 Å². The van der Waals surface area contributed by atoms with Crippen molar-refractivity contribution in [2.45, 2.75) is 19.5 Å². The molecule has 0 amide bonds. The smallest absolute Gasteiger partial charge is 0.145 e. The van der Waals surface area contributed by atoms with Gasteiger partial charge in [0.25, 0.3) is 0 Å². The third-order valence-corrected chi connectivity index (χ3v) is 2.98. The molecule has 0 atom stereocenters. The molecule has 6 heteroatoms. The van der Waals surface area contributed by atoms with Gasteiger partial charge in [-0.1, -0.05) is 6.07 Å². The zero-order valence-electron chi connectivity index (χ0n) is 11.3. The second-order valence-electron chi connectivity index (χ2n) is 4.55. The molecule has 0 aromatic carbocycles. The number of nitriles is 1. The van der Waals surface area contributed by atoms with Gasteiger partial charge in [0.1, 0.15) is 5.82 Å². The van der Waals surface area contributed by atoms with Gasteiger partial charge in [-0.05, 0) is 17.7 Å². The lowest BCUT2D eigenvalue weighted by Crippen LogP contribution is -2.28. The molecule has 104 valence electrons. The lowest BCUT2D eigenvalue weighted by molar-refractivity contribution is 0.256. The van der Waals surface area contributed by atoms with Crippen molar-refractivity contribution in [3.8, 4) is 6.07 Å². The van der Waals surface area contributed by atoms with Gasteiger partial charge in [0.05, 0.1) is 12.6 Å². The van der Waals surface area contributed by atoms with E-state index >= 15 is 0 Å². The Balaban J connectivity index is 1.91. The first-order chi connectivity index (χ1) is 9.78. The highest BCUT2D eigenvalue weighted by atomic mass is 15.3. The summed E-state index contributed by atoms with van der Waals surface area (Å²) in [6.07, 6.45) is 5.99. The Morgan fingerprint density at radius 3 is 2.90 bits per heavy atom. The molecule has 0 fully saturated rings. The fraction of sp³-hybridized carbons (Fsp3) is 0.357. The van der Waals surface area contributed by atoms with Crippen molar-refractivity contribution in [1.82, 2.24) is 19.7 Å². The second kappa shape index (κ2) is 7.26. The predicted molar refractivity (Wildman–Crippen MR) is 76.4 cm³/mol. The molecule has 0 bridgehead atoms. The third-order valence-electron chi connectivity index (χ3n) is 2.98. The van der Waals surface area contributed by atoms with Crippen molar-refractivity contribution in [3.63, 3.8) is 0 Å². The van der Waals surface area contributed by atoms with Crippen LogP contribution in [0.4, 0.5) is 5.82 Å². The van der Waals surface area contributed by atoms with Crippen LogP contribution in [-0.4, -0.2) is 32.8 Å². The second-order valence-corrected chi connectivity index (χ2v) is 4.55. The van der Waals surface area contributed by atoms with Crippen LogP contribution in [0.15, 0.2) is 36.8 Å². The number of hydrogen-bond donors (Lipinski definition) is 1. The van der Waals surface area contributed by atoms with E-state index in [1.807, 2.05) is 29.2 Å². The number of pyridine rings is 1. The summed E-state index contributed by atoms with van der Waals surface area (Å²) in [5, 5.41) is 12.9. The van der Waals surface area contributed by atoms with Gasteiger partial charge in [-0.3, -0.25) is 14.6 Å². The molecule has 2 aromatic rings. The summed E-state index contributed by atoms with van der Waals surface area (Å²) < 4.78 is 1.82. The number of nitrogen functional groups attached to an aromatic ring is 1. The van der Waals surface area contributed by atoms with Crippen LogP contribution in [0.5, 0.6) is 0 Å². The number of nitrogens with zero attached hydrogens (tertiary/aromatic N) is 5. The number of rotatable bonds is 7. The number of nitrogens with two attached hydrogens (primary N) is 1. The van der Waals surface area contributed by atoms with Gasteiger partial charge in [0.2, 0.25) is 0 Å². The first kappa shape index (κ1) is 14.0. The molecule has 0 saturated heterocycles. The molecule has 20 heavy (non-hydrogen) atoms. The van der Waals surface area contributed by atoms with Crippen molar-refractivity contribution in [1.29, 1.82) is 5.26 Å². The van der Waals surface area contributed by atoms with E-state index in [0.29, 0.717) is 12.2 Å². The van der Waals surface area contributed by atoms with Crippen molar-refractivity contribution in [2.75, 3.05) is 18.8 Å². The number of anilines is 1. The Hall–Kier alpha value is -2.39. The Morgan fingerprint density at radius 2 is 2.25 bits per heavy atom. The molecule has 0 unspecified atom stereocenters. The SMILES string of the molecule is N#CCCN(CCn1ccc(N)n1)Cc1cccnc1.